The molecule has 0 saturated carbocycles. The first-order valence-electron chi connectivity index (χ1n) is 5.65. The van der Waals surface area contributed by atoms with Crippen molar-refractivity contribution in [3.8, 4) is 0 Å². The molecule has 0 aromatic rings. The Morgan fingerprint density at radius 3 is 2.31 bits per heavy atom. The van der Waals surface area contributed by atoms with Crippen LogP contribution in [-0.2, 0) is 9.84 Å². The molecule has 0 aromatic heterocycles. The molecule has 0 saturated heterocycles. The van der Waals surface area contributed by atoms with Gasteiger partial charge in [0, 0.05) is 22.8 Å². The predicted molar refractivity (Wildman–Crippen MR) is 74.0 cm³/mol. The van der Waals surface area contributed by atoms with Gasteiger partial charge in [-0.05, 0) is 19.9 Å². The van der Waals surface area contributed by atoms with Gasteiger partial charge in [-0.2, -0.15) is 11.8 Å². The Morgan fingerprint density at radius 2 is 1.88 bits per heavy atom. The zero-order valence-electron chi connectivity index (χ0n) is 11.0. The molecule has 0 spiro atoms. The van der Waals surface area contributed by atoms with E-state index in [2.05, 4.69) is 33.0 Å². The van der Waals surface area contributed by atoms with Crippen molar-refractivity contribution in [1.29, 1.82) is 0 Å². The van der Waals surface area contributed by atoms with E-state index in [1.54, 1.807) is 0 Å². The van der Waals surface area contributed by atoms with Crippen molar-refractivity contribution < 1.29 is 8.42 Å². The summed E-state index contributed by atoms with van der Waals surface area (Å²) in [4.78, 5) is 0. The maximum absolute atomic E-state index is 10.9. The topological polar surface area (TPSA) is 46.2 Å². The summed E-state index contributed by atoms with van der Waals surface area (Å²) in [5, 5.41) is 3.34. The number of nitrogens with one attached hydrogen (secondary N) is 1. The highest BCUT2D eigenvalue weighted by atomic mass is 32.2. The minimum atomic E-state index is -2.80. The minimum absolute atomic E-state index is 0.277. The molecule has 16 heavy (non-hydrogen) atoms. The molecule has 5 heteroatoms. The third kappa shape index (κ3) is 12.3. The molecule has 0 aliphatic rings. The third-order valence-corrected chi connectivity index (χ3v) is 4.51. The van der Waals surface area contributed by atoms with Crippen LogP contribution in [0.1, 0.15) is 34.1 Å². The highest BCUT2D eigenvalue weighted by Crippen LogP contribution is 2.23. The fraction of sp³-hybridized carbons (Fsp3) is 1.00. The standard InChI is InChI=1S/C11H25NO2S2/c1-10(9-15-11(2,3)4)12-7-6-8-16(5,13)14/h10,12H,6-9H2,1-5H3. The van der Waals surface area contributed by atoms with E-state index >= 15 is 0 Å². The first-order chi connectivity index (χ1) is 7.10. The maximum atomic E-state index is 10.9. The van der Waals surface area contributed by atoms with Crippen molar-refractivity contribution in [2.45, 2.75) is 44.9 Å². The molecule has 0 amide bonds. The van der Waals surface area contributed by atoms with Crippen LogP contribution in [0, 0.1) is 0 Å². The molecule has 0 aromatic carbocycles. The van der Waals surface area contributed by atoms with Crippen LogP contribution in [0.15, 0.2) is 0 Å². The van der Waals surface area contributed by atoms with Crippen molar-refractivity contribution in [3.05, 3.63) is 0 Å². The second-order valence-corrected chi connectivity index (χ2v) is 9.37. The molecule has 0 aliphatic carbocycles. The third-order valence-electron chi connectivity index (χ3n) is 1.95. The largest absolute Gasteiger partial charge is 0.313 e. The summed E-state index contributed by atoms with van der Waals surface area (Å²) in [7, 11) is -2.80. The van der Waals surface area contributed by atoms with Crippen LogP contribution in [0.3, 0.4) is 0 Å². The Balaban J connectivity index is 3.55. The molecular formula is C11H25NO2S2. The van der Waals surface area contributed by atoms with E-state index in [9.17, 15) is 8.42 Å². The number of hydrogen-bond acceptors (Lipinski definition) is 4. The molecule has 0 heterocycles. The summed E-state index contributed by atoms with van der Waals surface area (Å²) in [6, 6.07) is 0.434. The molecule has 3 nitrogen and oxygen atoms in total. The molecule has 0 rings (SSSR count). The number of sulfone groups is 1. The maximum Gasteiger partial charge on any atom is 0.147 e. The van der Waals surface area contributed by atoms with Gasteiger partial charge in [-0.1, -0.05) is 20.8 Å². The van der Waals surface area contributed by atoms with Gasteiger partial charge in [0.15, 0.2) is 0 Å². The Morgan fingerprint density at radius 1 is 1.31 bits per heavy atom. The fourth-order valence-electron chi connectivity index (χ4n) is 1.12. The lowest BCUT2D eigenvalue weighted by molar-refractivity contribution is 0.574. The average Bonchev–Trinajstić information content (AvgIpc) is 2.06. The van der Waals surface area contributed by atoms with Gasteiger partial charge in [0.25, 0.3) is 0 Å². The second-order valence-electron chi connectivity index (χ2n) is 5.26. The second kappa shape index (κ2) is 6.87. The zero-order chi connectivity index (χ0) is 12.8. The monoisotopic (exact) mass is 267 g/mol. The van der Waals surface area contributed by atoms with Crippen molar-refractivity contribution in [2.24, 2.45) is 0 Å². The van der Waals surface area contributed by atoms with Crippen molar-refractivity contribution in [3.63, 3.8) is 0 Å². The quantitative estimate of drug-likeness (QED) is 0.716. The minimum Gasteiger partial charge on any atom is -0.313 e. The van der Waals surface area contributed by atoms with Crippen molar-refractivity contribution in [2.75, 3.05) is 24.3 Å². The van der Waals surface area contributed by atoms with Gasteiger partial charge < -0.3 is 5.32 Å². The number of hydrogen-bond donors (Lipinski definition) is 1. The molecule has 0 bridgehead atoms. The Hall–Kier alpha value is 0.260. The number of thioether (sulfide) groups is 1. The van der Waals surface area contributed by atoms with Gasteiger partial charge in [0.05, 0.1) is 5.75 Å². The van der Waals surface area contributed by atoms with Crippen LogP contribution < -0.4 is 5.32 Å². The first-order valence-corrected chi connectivity index (χ1v) is 8.70. The van der Waals surface area contributed by atoms with Gasteiger partial charge in [-0.25, -0.2) is 8.42 Å². The van der Waals surface area contributed by atoms with Crippen molar-refractivity contribution >= 4 is 21.6 Å². The molecular weight excluding hydrogens is 242 g/mol. The highest BCUT2D eigenvalue weighted by Gasteiger charge is 2.12. The predicted octanol–water partition coefficient (Wildman–Crippen LogP) is 1.93. The molecule has 0 fully saturated rings. The molecule has 1 N–H and O–H groups in total. The molecule has 1 atom stereocenters. The van der Waals surface area contributed by atoms with Crippen LogP contribution in [-0.4, -0.2) is 43.5 Å². The number of rotatable bonds is 7. The normalized spacial score (nSPS) is 15.1. The lowest BCUT2D eigenvalue weighted by Crippen LogP contribution is -2.31. The summed E-state index contributed by atoms with van der Waals surface area (Å²) >= 11 is 1.92. The molecule has 98 valence electrons. The van der Waals surface area contributed by atoms with E-state index in [-0.39, 0.29) is 5.75 Å². The first kappa shape index (κ1) is 16.3. The van der Waals surface area contributed by atoms with Gasteiger partial charge in [-0.3, -0.25) is 0 Å². The van der Waals surface area contributed by atoms with Crippen molar-refractivity contribution in [1.82, 2.24) is 5.32 Å². The Labute approximate surface area is 105 Å². The lowest BCUT2D eigenvalue weighted by atomic mass is 10.3. The summed E-state index contributed by atoms with van der Waals surface area (Å²) in [6.45, 7) is 9.52. The zero-order valence-corrected chi connectivity index (χ0v) is 12.7. The average molecular weight is 267 g/mol. The van der Waals surface area contributed by atoms with E-state index in [1.165, 1.54) is 6.26 Å². The highest BCUT2D eigenvalue weighted by molar-refractivity contribution is 8.00. The van der Waals surface area contributed by atoms with Gasteiger partial charge in [0.1, 0.15) is 9.84 Å². The lowest BCUT2D eigenvalue weighted by Gasteiger charge is -2.21. The molecule has 1 unspecified atom stereocenters. The van der Waals surface area contributed by atoms with E-state index in [0.717, 1.165) is 12.3 Å². The fourth-order valence-corrected chi connectivity index (χ4v) is 2.65. The summed E-state index contributed by atoms with van der Waals surface area (Å²) in [5.41, 5.74) is 0. The summed E-state index contributed by atoms with van der Waals surface area (Å²) < 4.78 is 22.1. The summed E-state index contributed by atoms with van der Waals surface area (Å²) in [6.07, 6.45) is 1.98. The Kier molecular flexibility index (Phi) is 6.98. The van der Waals surface area contributed by atoms with Crippen LogP contribution in [0.2, 0.25) is 0 Å². The van der Waals surface area contributed by atoms with Crippen LogP contribution in [0.5, 0.6) is 0 Å². The Bertz CT molecular complexity index is 281. The van der Waals surface area contributed by atoms with E-state index in [0.29, 0.717) is 17.2 Å². The van der Waals surface area contributed by atoms with Crippen LogP contribution in [0.25, 0.3) is 0 Å². The van der Waals surface area contributed by atoms with Gasteiger partial charge in [0.2, 0.25) is 0 Å². The van der Waals surface area contributed by atoms with Crippen LogP contribution >= 0.6 is 11.8 Å². The molecule has 0 radical (unpaired) electrons. The van der Waals surface area contributed by atoms with E-state index < -0.39 is 9.84 Å². The van der Waals surface area contributed by atoms with Crippen LogP contribution in [0.4, 0.5) is 0 Å². The van der Waals surface area contributed by atoms with E-state index in [1.807, 2.05) is 11.8 Å². The molecule has 0 aliphatic heterocycles. The SMILES string of the molecule is CC(CSC(C)(C)C)NCCCS(C)(=O)=O. The smallest absolute Gasteiger partial charge is 0.147 e. The summed E-state index contributed by atoms with van der Waals surface area (Å²) in [5.74, 6) is 1.33. The van der Waals surface area contributed by atoms with E-state index in [4.69, 9.17) is 0 Å². The van der Waals surface area contributed by atoms with Gasteiger partial charge in [-0.15, -0.1) is 0 Å². The van der Waals surface area contributed by atoms with Gasteiger partial charge >= 0.3 is 0 Å².